The molecule has 0 atom stereocenters. The first-order valence-corrected chi connectivity index (χ1v) is 4.66. The number of nitrogens with one attached hydrogen (secondary N) is 1. The second-order valence-electron chi connectivity index (χ2n) is 3.27. The fourth-order valence-corrected chi connectivity index (χ4v) is 1.31. The van der Waals surface area contributed by atoms with Crippen LogP contribution in [0.15, 0.2) is 12.3 Å². The van der Waals surface area contributed by atoms with Crippen molar-refractivity contribution in [2.45, 2.75) is 13.8 Å². The van der Waals surface area contributed by atoms with E-state index < -0.39 is 0 Å². The molecule has 0 amide bonds. The lowest BCUT2D eigenvalue weighted by Crippen LogP contribution is -2.15. The van der Waals surface area contributed by atoms with Crippen LogP contribution in [0.4, 0.5) is 0 Å². The maximum absolute atomic E-state index is 7.30. The van der Waals surface area contributed by atoms with E-state index >= 15 is 0 Å². The summed E-state index contributed by atoms with van der Waals surface area (Å²) in [5.41, 5.74) is 5.72. The summed E-state index contributed by atoms with van der Waals surface area (Å²) in [4.78, 5) is 12.3. The van der Waals surface area contributed by atoms with Gasteiger partial charge in [-0.25, -0.2) is 15.0 Å². The summed E-state index contributed by atoms with van der Waals surface area (Å²) in [5, 5.41) is 11.4. The molecule has 0 aliphatic heterocycles. The molecular formula is C9H11N7. The van der Waals surface area contributed by atoms with Crippen LogP contribution in [0.1, 0.15) is 17.3 Å². The summed E-state index contributed by atoms with van der Waals surface area (Å²) in [6.07, 6.45) is 1.54. The number of hydrogen-bond donors (Lipinski definition) is 2. The molecule has 2 rings (SSSR count). The van der Waals surface area contributed by atoms with Crippen molar-refractivity contribution < 1.29 is 0 Å². The van der Waals surface area contributed by atoms with E-state index in [2.05, 4.69) is 20.1 Å². The Labute approximate surface area is 91.9 Å². The first-order valence-electron chi connectivity index (χ1n) is 4.66. The Morgan fingerprint density at radius 2 is 2.12 bits per heavy atom. The van der Waals surface area contributed by atoms with Crippen LogP contribution in [-0.4, -0.2) is 30.6 Å². The van der Waals surface area contributed by atoms with Gasteiger partial charge in [-0.05, 0) is 19.9 Å². The summed E-state index contributed by atoms with van der Waals surface area (Å²) < 4.78 is 1.52. The van der Waals surface area contributed by atoms with Gasteiger partial charge in [-0.2, -0.15) is 4.68 Å². The molecule has 7 nitrogen and oxygen atoms in total. The van der Waals surface area contributed by atoms with Crippen LogP contribution in [0.25, 0.3) is 5.95 Å². The Morgan fingerprint density at radius 1 is 1.38 bits per heavy atom. The van der Waals surface area contributed by atoms with E-state index in [1.54, 1.807) is 13.0 Å². The second-order valence-corrected chi connectivity index (χ2v) is 3.27. The lowest BCUT2D eigenvalue weighted by molar-refractivity contribution is 0.769. The Morgan fingerprint density at radius 3 is 2.69 bits per heavy atom. The number of nitrogens with zero attached hydrogens (tertiary/aromatic N) is 5. The van der Waals surface area contributed by atoms with Crippen LogP contribution in [0.3, 0.4) is 0 Å². The number of amidine groups is 1. The molecule has 82 valence electrons. The fraction of sp³-hybridized carbons (Fsp3) is 0.222. The van der Waals surface area contributed by atoms with Gasteiger partial charge in [0.25, 0.3) is 5.95 Å². The second kappa shape index (κ2) is 3.69. The molecular weight excluding hydrogens is 206 g/mol. The molecule has 7 heteroatoms. The van der Waals surface area contributed by atoms with E-state index in [1.807, 2.05) is 6.92 Å². The smallest absolute Gasteiger partial charge is 0.252 e. The fourth-order valence-electron chi connectivity index (χ4n) is 1.31. The molecule has 0 aliphatic rings. The SMILES string of the molecule is Cc1nc(C)n(-c2nccc(C(=N)N)n2)n1. The van der Waals surface area contributed by atoms with Crippen molar-refractivity contribution in [1.29, 1.82) is 5.41 Å². The minimum Gasteiger partial charge on any atom is -0.382 e. The monoisotopic (exact) mass is 217 g/mol. The van der Waals surface area contributed by atoms with Gasteiger partial charge in [0.2, 0.25) is 0 Å². The minimum absolute atomic E-state index is 0.0989. The van der Waals surface area contributed by atoms with Crippen molar-refractivity contribution in [2.24, 2.45) is 5.73 Å². The van der Waals surface area contributed by atoms with E-state index in [0.717, 1.165) is 0 Å². The highest BCUT2D eigenvalue weighted by Gasteiger charge is 2.09. The van der Waals surface area contributed by atoms with Gasteiger partial charge in [-0.1, -0.05) is 0 Å². The summed E-state index contributed by atoms with van der Waals surface area (Å²) >= 11 is 0. The zero-order valence-electron chi connectivity index (χ0n) is 8.97. The highest BCUT2D eigenvalue weighted by atomic mass is 15.4. The molecule has 0 aliphatic carbocycles. The third kappa shape index (κ3) is 1.74. The maximum Gasteiger partial charge on any atom is 0.252 e. The molecule has 0 bridgehead atoms. The van der Waals surface area contributed by atoms with E-state index in [9.17, 15) is 0 Å². The van der Waals surface area contributed by atoms with Gasteiger partial charge in [-0.15, -0.1) is 5.10 Å². The van der Waals surface area contributed by atoms with Crippen LogP contribution in [0.2, 0.25) is 0 Å². The molecule has 0 saturated heterocycles. The first-order chi connectivity index (χ1) is 7.58. The van der Waals surface area contributed by atoms with E-state index in [1.165, 1.54) is 10.9 Å². The topological polar surface area (TPSA) is 106 Å². The molecule has 0 unspecified atom stereocenters. The number of hydrogen-bond acceptors (Lipinski definition) is 5. The van der Waals surface area contributed by atoms with Crippen LogP contribution >= 0.6 is 0 Å². The minimum atomic E-state index is -0.0989. The molecule has 0 spiro atoms. The predicted octanol–water partition coefficient (Wildman–Crippen LogP) is -0.0418. The third-order valence-electron chi connectivity index (χ3n) is 1.98. The molecule has 0 aromatic carbocycles. The number of rotatable bonds is 2. The number of nitrogen functional groups attached to an aromatic ring is 1. The zero-order chi connectivity index (χ0) is 11.7. The summed E-state index contributed by atoms with van der Waals surface area (Å²) in [7, 11) is 0. The molecule has 0 radical (unpaired) electrons. The number of nitrogens with two attached hydrogens (primary N) is 1. The molecule has 3 N–H and O–H groups in total. The quantitative estimate of drug-likeness (QED) is 0.542. The van der Waals surface area contributed by atoms with E-state index in [4.69, 9.17) is 11.1 Å². The first kappa shape index (κ1) is 10.2. The number of aryl methyl sites for hydroxylation is 2. The lowest BCUT2D eigenvalue weighted by Gasteiger charge is -2.02. The van der Waals surface area contributed by atoms with Gasteiger partial charge in [0.15, 0.2) is 0 Å². The maximum atomic E-state index is 7.30. The van der Waals surface area contributed by atoms with Gasteiger partial charge in [-0.3, -0.25) is 5.41 Å². The molecule has 0 fully saturated rings. The highest BCUT2D eigenvalue weighted by Crippen LogP contribution is 2.04. The van der Waals surface area contributed by atoms with Gasteiger partial charge < -0.3 is 5.73 Å². The molecule has 2 aromatic rings. The van der Waals surface area contributed by atoms with Crippen molar-refractivity contribution in [3.63, 3.8) is 0 Å². The average Bonchev–Trinajstić information content (AvgIpc) is 2.58. The van der Waals surface area contributed by atoms with Crippen molar-refractivity contribution in [2.75, 3.05) is 0 Å². The van der Waals surface area contributed by atoms with Crippen molar-refractivity contribution in [3.8, 4) is 5.95 Å². The largest absolute Gasteiger partial charge is 0.382 e. The molecule has 16 heavy (non-hydrogen) atoms. The van der Waals surface area contributed by atoms with Gasteiger partial charge in [0.05, 0.1) is 0 Å². The lowest BCUT2D eigenvalue weighted by atomic mass is 10.4. The standard InChI is InChI=1S/C9H11N7/c1-5-13-6(2)16(15-5)9-12-4-3-7(14-9)8(10)11/h3-4H,1-2H3,(H3,10,11). The molecule has 2 heterocycles. The Kier molecular flexibility index (Phi) is 2.35. The summed E-state index contributed by atoms with van der Waals surface area (Å²) in [6.45, 7) is 3.60. The average molecular weight is 217 g/mol. The van der Waals surface area contributed by atoms with Crippen LogP contribution < -0.4 is 5.73 Å². The molecule has 2 aromatic heterocycles. The van der Waals surface area contributed by atoms with Gasteiger partial charge >= 0.3 is 0 Å². The number of aromatic nitrogens is 5. The molecule has 0 saturated carbocycles. The summed E-state index contributed by atoms with van der Waals surface area (Å²) in [6, 6.07) is 1.57. The van der Waals surface area contributed by atoms with Crippen molar-refractivity contribution in [3.05, 3.63) is 29.6 Å². The van der Waals surface area contributed by atoms with Crippen molar-refractivity contribution >= 4 is 5.84 Å². The Balaban J connectivity index is 2.52. The Bertz CT molecular complexity index is 543. The highest BCUT2D eigenvalue weighted by molar-refractivity contribution is 5.92. The van der Waals surface area contributed by atoms with Gasteiger partial charge in [0, 0.05) is 6.20 Å². The van der Waals surface area contributed by atoms with Crippen LogP contribution in [-0.2, 0) is 0 Å². The van der Waals surface area contributed by atoms with E-state index in [0.29, 0.717) is 23.3 Å². The summed E-state index contributed by atoms with van der Waals surface area (Å²) in [5.74, 6) is 1.61. The predicted molar refractivity (Wildman–Crippen MR) is 57.4 cm³/mol. The third-order valence-corrected chi connectivity index (χ3v) is 1.98. The van der Waals surface area contributed by atoms with Gasteiger partial charge in [0.1, 0.15) is 23.2 Å². The van der Waals surface area contributed by atoms with Crippen molar-refractivity contribution in [1.82, 2.24) is 24.7 Å². The van der Waals surface area contributed by atoms with Crippen LogP contribution in [0.5, 0.6) is 0 Å². The van der Waals surface area contributed by atoms with Crippen LogP contribution in [0, 0.1) is 19.3 Å². The Hall–Kier alpha value is -2.31. The van der Waals surface area contributed by atoms with E-state index in [-0.39, 0.29) is 5.84 Å². The zero-order valence-corrected chi connectivity index (χ0v) is 8.97. The normalized spacial score (nSPS) is 10.4.